The molecule has 2 unspecified atom stereocenters. The summed E-state index contributed by atoms with van der Waals surface area (Å²) in [6.45, 7) is 4.44. The van der Waals surface area contributed by atoms with E-state index in [0.717, 1.165) is 42.7 Å². The number of carboxylic acid groups (broad SMARTS) is 1. The third-order valence-corrected chi connectivity index (χ3v) is 5.48. The number of fused-ring (bicyclic) bond motifs is 1. The number of hydrogen-bond acceptors (Lipinski definition) is 4. The lowest BCUT2D eigenvalue weighted by molar-refractivity contribution is -0.138. The average molecular weight is 280 g/mol. The zero-order valence-corrected chi connectivity index (χ0v) is 12.1. The fourth-order valence-corrected chi connectivity index (χ4v) is 4.23. The van der Waals surface area contributed by atoms with E-state index in [1.54, 1.807) is 11.3 Å². The molecule has 1 aromatic rings. The Morgan fingerprint density at radius 3 is 3.00 bits per heavy atom. The summed E-state index contributed by atoms with van der Waals surface area (Å²) < 4.78 is 0. The van der Waals surface area contributed by atoms with E-state index in [-0.39, 0.29) is 5.92 Å². The van der Waals surface area contributed by atoms with Crippen molar-refractivity contribution in [2.45, 2.75) is 44.9 Å². The first-order valence-electron chi connectivity index (χ1n) is 7.12. The van der Waals surface area contributed by atoms with Gasteiger partial charge in [0.05, 0.1) is 5.69 Å². The van der Waals surface area contributed by atoms with Crippen LogP contribution in [0.1, 0.15) is 49.1 Å². The van der Waals surface area contributed by atoms with Crippen LogP contribution >= 0.6 is 11.3 Å². The fraction of sp³-hybridized carbons (Fsp3) is 0.714. The van der Waals surface area contributed by atoms with Gasteiger partial charge in [-0.05, 0) is 38.0 Å². The standard InChI is InChI=1S/C14H20N2O2S/c1-9-3-2-7-16(8-6-9)14-15-12-10(13(17)18)4-5-11(12)19-14/h9-10H,2-8H2,1H3,(H,17,18). The van der Waals surface area contributed by atoms with Crippen molar-refractivity contribution >= 4 is 22.4 Å². The van der Waals surface area contributed by atoms with Gasteiger partial charge in [-0.15, -0.1) is 11.3 Å². The van der Waals surface area contributed by atoms with E-state index in [2.05, 4.69) is 16.8 Å². The second-order valence-electron chi connectivity index (χ2n) is 5.76. The number of aromatic nitrogens is 1. The first kappa shape index (κ1) is 12.9. The number of thiazole rings is 1. The van der Waals surface area contributed by atoms with Crippen LogP contribution in [0.4, 0.5) is 5.13 Å². The van der Waals surface area contributed by atoms with Crippen molar-refractivity contribution < 1.29 is 9.90 Å². The molecule has 0 saturated carbocycles. The number of carboxylic acids is 1. The molecule has 1 aliphatic heterocycles. The smallest absolute Gasteiger partial charge is 0.312 e. The highest BCUT2D eigenvalue weighted by atomic mass is 32.1. The molecule has 0 amide bonds. The summed E-state index contributed by atoms with van der Waals surface area (Å²) in [7, 11) is 0. The van der Waals surface area contributed by atoms with Crippen LogP contribution in [-0.4, -0.2) is 29.1 Å². The molecule has 1 fully saturated rings. The minimum atomic E-state index is -0.722. The number of aliphatic carboxylic acids is 1. The Hall–Kier alpha value is -1.10. The SMILES string of the molecule is CC1CCCN(c2nc3c(s2)CCC3C(=O)O)CC1. The topological polar surface area (TPSA) is 53.4 Å². The van der Waals surface area contributed by atoms with Gasteiger partial charge in [0.25, 0.3) is 0 Å². The first-order valence-corrected chi connectivity index (χ1v) is 7.94. The molecule has 3 rings (SSSR count). The molecule has 2 aliphatic rings. The summed E-state index contributed by atoms with van der Waals surface area (Å²) in [6, 6.07) is 0. The summed E-state index contributed by atoms with van der Waals surface area (Å²) in [5.41, 5.74) is 0.838. The van der Waals surface area contributed by atoms with Crippen LogP contribution in [0.2, 0.25) is 0 Å². The molecular weight excluding hydrogens is 260 g/mol. The minimum Gasteiger partial charge on any atom is -0.481 e. The van der Waals surface area contributed by atoms with E-state index in [0.29, 0.717) is 0 Å². The van der Waals surface area contributed by atoms with Gasteiger partial charge in [0.2, 0.25) is 0 Å². The Bertz CT molecular complexity index is 486. The molecule has 2 atom stereocenters. The Balaban J connectivity index is 1.80. The highest BCUT2D eigenvalue weighted by Gasteiger charge is 2.33. The monoisotopic (exact) mass is 280 g/mol. The fourth-order valence-electron chi connectivity index (χ4n) is 3.04. The van der Waals surface area contributed by atoms with Gasteiger partial charge in [0.1, 0.15) is 5.92 Å². The molecule has 0 radical (unpaired) electrons. The van der Waals surface area contributed by atoms with E-state index in [9.17, 15) is 9.90 Å². The van der Waals surface area contributed by atoms with Crippen LogP contribution in [0, 0.1) is 5.92 Å². The van der Waals surface area contributed by atoms with Crippen molar-refractivity contribution in [1.29, 1.82) is 0 Å². The van der Waals surface area contributed by atoms with Crippen LogP contribution < -0.4 is 4.90 Å². The molecule has 104 valence electrons. The minimum absolute atomic E-state index is 0.370. The van der Waals surface area contributed by atoms with Gasteiger partial charge < -0.3 is 10.0 Å². The van der Waals surface area contributed by atoms with Gasteiger partial charge in [-0.25, -0.2) is 4.98 Å². The molecule has 4 nitrogen and oxygen atoms in total. The van der Waals surface area contributed by atoms with Crippen LogP contribution in [0.3, 0.4) is 0 Å². The maximum atomic E-state index is 11.2. The number of carbonyl (C=O) groups is 1. The molecule has 2 heterocycles. The summed E-state index contributed by atoms with van der Waals surface area (Å²) in [5, 5.41) is 10.3. The number of nitrogens with zero attached hydrogens (tertiary/aromatic N) is 2. The molecular formula is C14H20N2O2S. The second-order valence-corrected chi connectivity index (χ2v) is 6.82. The normalized spacial score (nSPS) is 27.1. The van der Waals surface area contributed by atoms with Crippen LogP contribution in [0.5, 0.6) is 0 Å². The highest BCUT2D eigenvalue weighted by molar-refractivity contribution is 7.15. The third-order valence-electron chi connectivity index (χ3n) is 4.29. The van der Waals surface area contributed by atoms with Gasteiger partial charge >= 0.3 is 5.97 Å². The van der Waals surface area contributed by atoms with Crippen LogP contribution in [0.25, 0.3) is 0 Å². The van der Waals surface area contributed by atoms with E-state index < -0.39 is 5.97 Å². The van der Waals surface area contributed by atoms with Crippen molar-refractivity contribution in [3.8, 4) is 0 Å². The van der Waals surface area contributed by atoms with Crippen molar-refractivity contribution in [2.24, 2.45) is 5.92 Å². The molecule has 1 N–H and O–H groups in total. The predicted molar refractivity (Wildman–Crippen MR) is 76.0 cm³/mol. The largest absolute Gasteiger partial charge is 0.481 e. The summed E-state index contributed by atoms with van der Waals surface area (Å²) in [5.74, 6) is -0.297. The van der Waals surface area contributed by atoms with Gasteiger partial charge in [0, 0.05) is 18.0 Å². The Kier molecular flexibility index (Phi) is 3.48. The van der Waals surface area contributed by atoms with E-state index in [1.165, 1.54) is 24.1 Å². The molecule has 0 aromatic carbocycles. The summed E-state index contributed by atoms with van der Waals surface area (Å²) in [6.07, 6.45) is 5.33. The third kappa shape index (κ3) is 2.48. The maximum Gasteiger partial charge on any atom is 0.312 e. The highest BCUT2D eigenvalue weighted by Crippen LogP contribution is 2.40. The van der Waals surface area contributed by atoms with Crippen molar-refractivity contribution in [1.82, 2.24) is 4.98 Å². The lowest BCUT2D eigenvalue weighted by Crippen LogP contribution is -2.24. The van der Waals surface area contributed by atoms with E-state index >= 15 is 0 Å². The number of aryl methyl sites for hydroxylation is 1. The molecule has 5 heteroatoms. The maximum absolute atomic E-state index is 11.2. The van der Waals surface area contributed by atoms with Crippen LogP contribution in [0.15, 0.2) is 0 Å². The zero-order valence-electron chi connectivity index (χ0n) is 11.3. The van der Waals surface area contributed by atoms with E-state index in [1.807, 2.05) is 0 Å². The zero-order chi connectivity index (χ0) is 13.4. The lowest BCUT2D eigenvalue weighted by atomic mass is 10.0. The van der Waals surface area contributed by atoms with Gasteiger partial charge in [0.15, 0.2) is 5.13 Å². The van der Waals surface area contributed by atoms with Crippen LogP contribution in [-0.2, 0) is 11.2 Å². The molecule has 1 aliphatic carbocycles. The van der Waals surface area contributed by atoms with Crippen molar-refractivity contribution in [2.75, 3.05) is 18.0 Å². The first-order chi connectivity index (χ1) is 9.15. The number of hydrogen-bond donors (Lipinski definition) is 1. The van der Waals surface area contributed by atoms with Gasteiger partial charge in [-0.2, -0.15) is 0 Å². The summed E-state index contributed by atoms with van der Waals surface area (Å²) >= 11 is 1.71. The molecule has 0 bridgehead atoms. The van der Waals surface area contributed by atoms with E-state index in [4.69, 9.17) is 0 Å². The molecule has 1 saturated heterocycles. The van der Waals surface area contributed by atoms with Gasteiger partial charge in [-0.3, -0.25) is 4.79 Å². The lowest BCUT2D eigenvalue weighted by Gasteiger charge is -2.19. The quantitative estimate of drug-likeness (QED) is 0.905. The Morgan fingerprint density at radius 1 is 1.37 bits per heavy atom. The van der Waals surface area contributed by atoms with Crippen molar-refractivity contribution in [3.05, 3.63) is 10.6 Å². The van der Waals surface area contributed by atoms with Crippen molar-refractivity contribution in [3.63, 3.8) is 0 Å². The molecule has 1 aromatic heterocycles. The Morgan fingerprint density at radius 2 is 2.21 bits per heavy atom. The summed E-state index contributed by atoms with van der Waals surface area (Å²) in [4.78, 5) is 19.4. The predicted octanol–water partition coefficient (Wildman–Crippen LogP) is 2.88. The Labute approximate surface area is 117 Å². The number of rotatable bonds is 2. The van der Waals surface area contributed by atoms with Gasteiger partial charge in [-0.1, -0.05) is 6.92 Å². The molecule has 19 heavy (non-hydrogen) atoms. The second kappa shape index (κ2) is 5.12. The number of anilines is 1. The average Bonchev–Trinajstić information content (AvgIpc) is 2.86. The molecule has 0 spiro atoms.